The number of hydrogen-bond donors (Lipinski definition) is 2. The van der Waals surface area contributed by atoms with Crippen LogP contribution in [-0.2, 0) is 11.3 Å². The van der Waals surface area contributed by atoms with Crippen LogP contribution in [0.15, 0.2) is 15.6 Å². The van der Waals surface area contributed by atoms with E-state index in [2.05, 4.69) is 34.6 Å². The fraction of sp³-hybridized carbons (Fsp3) is 0.762. The normalized spacial score (nSPS) is 24.0. The van der Waals surface area contributed by atoms with Crippen LogP contribution < -0.4 is 10.6 Å². The lowest BCUT2D eigenvalue weighted by molar-refractivity contribution is -0.127. The Hall–Kier alpha value is -2.05. The number of nitrogens with zero attached hydrogens (tertiary/aromatic N) is 3. The standard InChI is InChI=1S/C21H35N5O2/c1-5-15(6-2)19-11-17(28-25-19)12-22-21(23-13-20(27)26(3)4)24-18-10-14-7-8-16(18)9-14/h11,14-16,18H,5-10,12-13H2,1-4H3,(H2,22,23,24). The molecule has 0 saturated heterocycles. The molecule has 3 rings (SSSR count). The number of amides is 1. The van der Waals surface area contributed by atoms with Crippen molar-refractivity contribution in [1.82, 2.24) is 20.7 Å². The van der Waals surface area contributed by atoms with Gasteiger partial charge < -0.3 is 20.1 Å². The molecule has 156 valence electrons. The molecule has 7 nitrogen and oxygen atoms in total. The SMILES string of the molecule is CCC(CC)c1cc(CNC(=NCC(=O)N(C)C)NC2CC3CCC2C3)on1. The van der Waals surface area contributed by atoms with Gasteiger partial charge >= 0.3 is 0 Å². The summed E-state index contributed by atoms with van der Waals surface area (Å²) in [5.74, 6) is 3.49. The Morgan fingerprint density at radius 1 is 1.32 bits per heavy atom. The van der Waals surface area contributed by atoms with Gasteiger partial charge in [0.25, 0.3) is 0 Å². The van der Waals surface area contributed by atoms with E-state index < -0.39 is 0 Å². The molecule has 3 unspecified atom stereocenters. The molecule has 2 fully saturated rings. The van der Waals surface area contributed by atoms with Crippen LogP contribution in [0.3, 0.4) is 0 Å². The molecular weight excluding hydrogens is 354 g/mol. The number of aliphatic imine (C=N–C) groups is 1. The van der Waals surface area contributed by atoms with Crippen molar-refractivity contribution in [3.05, 3.63) is 17.5 Å². The van der Waals surface area contributed by atoms with Crippen molar-refractivity contribution in [2.24, 2.45) is 16.8 Å². The molecule has 1 aromatic rings. The highest BCUT2D eigenvalue weighted by molar-refractivity contribution is 5.85. The van der Waals surface area contributed by atoms with E-state index >= 15 is 0 Å². The monoisotopic (exact) mass is 389 g/mol. The Labute approximate surface area is 168 Å². The van der Waals surface area contributed by atoms with Gasteiger partial charge in [-0.2, -0.15) is 0 Å². The molecule has 2 saturated carbocycles. The number of rotatable bonds is 8. The third kappa shape index (κ3) is 5.06. The second-order valence-electron chi connectivity index (χ2n) is 8.46. The van der Waals surface area contributed by atoms with Gasteiger partial charge in [0.2, 0.25) is 5.91 Å². The maximum absolute atomic E-state index is 12.0. The zero-order chi connectivity index (χ0) is 20.1. The second kappa shape index (κ2) is 9.43. The summed E-state index contributed by atoms with van der Waals surface area (Å²) in [5, 5.41) is 11.1. The molecule has 0 aromatic carbocycles. The highest BCUT2D eigenvalue weighted by Crippen LogP contribution is 2.44. The minimum Gasteiger partial charge on any atom is -0.359 e. The Bertz CT molecular complexity index is 680. The zero-order valence-corrected chi connectivity index (χ0v) is 17.7. The molecule has 2 bridgehead atoms. The number of fused-ring (bicyclic) bond motifs is 2. The highest BCUT2D eigenvalue weighted by Gasteiger charge is 2.39. The van der Waals surface area contributed by atoms with Crippen molar-refractivity contribution in [1.29, 1.82) is 0 Å². The minimum absolute atomic E-state index is 0.00951. The Balaban J connectivity index is 1.61. The van der Waals surface area contributed by atoms with Crippen molar-refractivity contribution >= 4 is 11.9 Å². The van der Waals surface area contributed by atoms with Crippen molar-refractivity contribution in [3.63, 3.8) is 0 Å². The predicted molar refractivity (Wildman–Crippen MR) is 110 cm³/mol. The number of likely N-dealkylation sites (N-methyl/N-ethyl adjacent to an activating group) is 1. The van der Waals surface area contributed by atoms with Crippen LogP contribution in [0.4, 0.5) is 0 Å². The highest BCUT2D eigenvalue weighted by atomic mass is 16.5. The Kier molecular flexibility index (Phi) is 6.97. The van der Waals surface area contributed by atoms with Gasteiger partial charge in [-0.25, -0.2) is 4.99 Å². The van der Waals surface area contributed by atoms with Crippen molar-refractivity contribution in [2.75, 3.05) is 20.6 Å². The van der Waals surface area contributed by atoms with E-state index in [0.29, 0.717) is 24.5 Å². The van der Waals surface area contributed by atoms with E-state index in [-0.39, 0.29) is 12.5 Å². The lowest BCUT2D eigenvalue weighted by atomic mass is 9.95. The van der Waals surface area contributed by atoms with Crippen molar-refractivity contribution in [3.8, 4) is 0 Å². The third-order valence-corrected chi connectivity index (χ3v) is 6.34. The third-order valence-electron chi connectivity index (χ3n) is 6.34. The first-order valence-corrected chi connectivity index (χ1v) is 10.7. The van der Waals surface area contributed by atoms with Crippen LogP contribution in [0.1, 0.15) is 69.7 Å². The summed E-state index contributed by atoms with van der Waals surface area (Å²) in [5.41, 5.74) is 1.02. The Morgan fingerprint density at radius 2 is 2.11 bits per heavy atom. The quantitative estimate of drug-likeness (QED) is 0.528. The molecule has 28 heavy (non-hydrogen) atoms. The van der Waals surface area contributed by atoms with Crippen LogP contribution in [0, 0.1) is 11.8 Å². The first kappa shape index (κ1) is 20.7. The fourth-order valence-electron chi connectivity index (χ4n) is 4.52. The number of carbonyl (C=O) groups excluding carboxylic acids is 1. The van der Waals surface area contributed by atoms with Crippen LogP contribution >= 0.6 is 0 Å². The first-order chi connectivity index (χ1) is 13.5. The molecule has 7 heteroatoms. The molecular formula is C21H35N5O2. The molecule has 0 spiro atoms. The van der Waals surface area contributed by atoms with E-state index in [0.717, 1.165) is 36.1 Å². The van der Waals surface area contributed by atoms with Crippen LogP contribution in [0.5, 0.6) is 0 Å². The summed E-state index contributed by atoms with van der Waals surface area (Å²) >= 11 is 0. The molecule has 2 N–H and O–H groups in total. The van der Waals surface area contributed by atoms with E-state index in [1.165, 1.54) is 25.7 Å². The van der Waals surface area contributed by atoms with Gasteiger partial charge in [0.15, 0.2) is 11.7 Å². The molecule has 1 aromatic heterocycles. The molecule has 2 aliphatic carbocycles. The average Bonchev–Trinajstić information content (AvgIpc) is 3.42. The van der Waals surface area contributed by atoms with Crippen LogP contribution in [-0.4, -0.2) is 48.6 Å². The van der Waals surface area contributed by atoms with Gasteiger partial charge in [0.1, 0.15) is 6.54 Å². The van der Waals surface area contributed by atoms with Crippen molar-refractivity contribution in [2.45, 2.75) is 70.9 Å². The summed E-state index contributed by atoms with van der Waals surface area (Å²) in [6, 6.07) is 2.49. The molecule has 2 aliphatic rings. The van der Waals surface area contributed by atoms with E-state index in [1.54, 1.807) is 19.0 Å². The van der Waals surface area contributed by atoms with E-state index in [4.69, 9.17) is 4.52 Å². The fourth-order valence-corrected chi connectivity index (χ4v) is 4.52. The molecule has 3 atom stereocenters. The molecule has 1 amide bonds. The van der Waals surface area contributed by atoms with Crippen LogP contribution in [0.2, 0.25) is 0 Å². The Morgan fingerprint density at radius 3 is 2.71 bits per heavy atom. The lowest BCUT2D eigenvalue weighted by Gasteiger charge is -2.25. The maximum atomic E-state index is 12.0. The van der Waals surface area contributed by atoms with Crippen LogP contribution in [0.25, 0.3) is 0 Å². The average molecular weight is 390 g/mol. The number of hydrogen-bond acceptors (Lipinski definition) is 4. The summed E-state index contributed by atoms with van der Waals surface area (Å²) in [6.45, 7) is 4.99. The zero-order valence-electron chi connectivity index (χ0n) is 17.7. The van der Waals surface area contributed by atoms with E-state index in [1.807, 2.05) is 6.07 Å². The molecule has 0 aliphatic heterocycles. The minimum atomic E-state index is -0.00951. The number of aromatic nitrogens is 1. The largest absolute Gasteiger partial charge is 0.359 e. The predicted octanol–water partition coefficient (Wildman–Crippen LogP) is 2.89. The topological polar surface area (TPSA) is 82.8 Å². The van der Waals surface area contributed by atoms with Gasteiger partial charge in [-0.3, -0.25) is 4.79 Å². The van der Waals surface area contributed by atoms with E-state index in [9.17, 15) is 4.79 Å². The van der Waals surface area contributed by atoms with Gasteiger partial charge in [0.05, 0.1) is 12.2 Å². The van der Waals surface area contributed by atoms with Crippen molar-refractivity contribution < 1.29 is 9.32 Å². The maximum Gasteiger partial charge on any atom is 0.243 e. The summed E-state index contributed by atoms with van der Waals surface area (Å²) in [6.07, 6.45) is 7.30. The molecule has 0 radical (unpaired) electrons. The van der Waals surface area contributed by atoms with Gasteiger partial charge in [-0.1, -0.05) is 25.4 Å². The first-order valence-electron chi connectivity index (χ1n) is 10.7. The number of carbonyl (C=O) groups is 1. The number of guanidine groups is 1. The number of nitrogens with one attached hydrogen (secondary N) is 2. The summed E-state index contributed by atoms with van der Waals surface area (Å²) < 4.78 is 5.51. The smallest absolute Gasteiger partial charge is 0.243 e. The van der Waals surface area contributed by atoms with Gasteiger partial charge in [0, 0.05) is 32.1 Å². The van der Waals surface area contributed by atoms with Gasteiger partial charge in [-0.15, -0.1) is 0 Å². The lowest BCUT2D eigenvalue weighted by Crippen LogP contribution is -2.45. The summed E-state index contributed by atoms with van der Waals surface area (Å²) in [4.78, 5) is 18.1. The van der Waals surface area contributed by atoms with Gasteiger partial charge in [-0.05, 0) is 43.9 Å². The second-order valence-corrected chi connectivity index (χ2v) is 8.46. The summed E-state index contributed by atoms with van der Waals surface area (Å²) in [7, 11) is 3.50. The molecule has 1 heterocycles.